The van der Waals surface area contributed by atoms with Gasteiger partial charge >= 0.3 is 0 Å². The summed E-state index contributed by atoms with van der Waals surface area (Å²) in [5.74, 6) is 0.445. The van der Waals surface area contributed by atoms with Gasteiger partial charge in [0.05, 0.1) is 18.3 Å². The average Bonchev–Trinajstić information content (AvgIpc) is 3.31. The van der Waals surface area contributed by atoms with Gasteiger partial charge in [-0.05, 0) is 41.3 Å². The van der Waals surface area contributed by atoms with Gasteiger partial charge in [-0.3, -0.25) is 9.59 Å². The highest BCUT2D eigenvalue weighted by Crippen LogP contribution is 2.31. The first-order valence-electron chi connectivity index (χ1n) is 9.72. The largest absolute Gasteiger partial charge is 0.490 e. The molecule has 2 aromatic carbocycles. The second-order valence-corrected chi connectivity index (χ2v) is 8.34. The van der Waals surface area contributed by atoms with Crippen LogP contribution in [0.15, 0.2) is 66.0 Å². The van der Waals surface area contributed by atoms with Crippen molar-refractivity contribution in [3.05, 3.63) is 81.5 Å². The van der Waals surface area contributed by atoms with E-state index in [1.165, 1.54) is 0 Å². The predicted octanol–water partition coefficient (Wildman–Crippen LogP) is 4.81. The van der Waals surface area contributed by atoms with Crippen LogP contribution in [0.5, 0.6) is 5.75 Å². The zero-order valence-electron chi connectivity index (χ0n) is 16.2. The van der Waals surface area contributed by atoms with Crippen molar-refractivity contribution >= 4 is 40.4 Å². The molecule has 1 unspecified atom stereocenters. The molecular weight excluding hydrogens is 420 g/mol. The molecule has 4 rings (SSSR count). The fourth-order valence-electron chi connectivity index (χ4n) is 3.45. The van der Waals surface area contributed by atoms with Gasteiger partial charge in [0.15, 0.2) is 0 Å². The molecule has 1 atom stereocenters. The first-order chi connectivity index (χ1) is 14.6. The number of amides is 2. The minimum Gasteiger partial charge on any atom is -0.490 e. The molecule has 1 aromatic heterocycles. The highest BCUT2D eigenvalue weighted by atomic mass is 35.5. The van der Waals surface area contributed by atoms with Gasteiger partial charge in [-0.15, -0.1) is 11.3 Å². The molecule has 0 saturated carbocycles. The lowest BCUT2D eigenvalue weighted by Gasteiger charge is -2.29. The standard InChI is InChI=1S/C23H21ClN2O3S/c24-17-9-7-16(8-10-17)23(20-6-3-15-30-20)25-21(27)11-12-22(28)26-13-14-29-19-5-2-1-4-18(19)26/h1-10,15,23H,11-14H2,(H,25,27). The van der Waals surface area contributed by atoms with Crippen LogP contribution in [0.3, 0.4) is 0 Å². The van der Waals surface area contributed by atoms with Crippen molar-refractivity contribution in [1.82, 2.24) is 5.32 Å². The van der Waals surface area contributed by atoms with Gasteiger partial charge in [0.2, 0.25) is 11.8 Å². The lowest BCUT2D eigenvalue weighted by Crippen LogP contribution is -2.38. The summed E-state index contributed by atoms with van der Waals surface area (Å²) in [6.07, 6.45) is 0.256. The molecule has 1 N–H and O–H groups in total. The van der Waals surface area contributed by atoms with Gasteiger partial charge < -0.3 is 15.0 Å². The number of nitrogens with one attached hydrogen (secondary N) is 1. The average molecular weight is 441 g/mol. The number of hydrogen-bond donors (Lipinski definition) is 1. The first kappa shape index (κ1) is 20.4. The van der Waals surface area contributed by atoms with Crippen LogP contribution in [0.4, 0.5) is 5.69 Å². The second kappa shape index (κ2) is 9.32. The van der Waals surface area contributed by atoms with Crippen LogP contribution in [-0.2, 0) is 9.59 Å². The molecule has 0 bridgehead atoms. The summed E-state index contributed by atoms with van der Waals surface area (Å²) in [6, 6.07) is 18.6. The Bertz CT molecular complexity index is 1020. The molecule has 2 amide bonds. The Hall–Kier alpha value is -2.83. The fourth-order valence-corrected chi connectivity index (χ4v) is 4.38. The van der Waals surface area contributed by atoms with E-state index in [9.17, 15) is 9.59 Å². The summed E-state index contributed by atoms with van der Waals surface area (Å²) >= 11 is 7.58. The van der Waals surface area contributed by atoms with Crippen LogP contribution in [-0.4, -0.2) is 25.0 Å². The van der Waals surface area contributed by atoms with Gasteiger partial charge in [-0.1, -0.05) is 41.9 Å². The highest BCUT2D eigenvalue weighted by Gasteiger charge is 2.24. The highest BCUT2D eigenvalue weighted by molar-refractivity contribution is 7.10. The van der Waals surface area contributed by atoms with E-state index < -0.39 is 0 Å². The molecule has 0 aliphatic carbocycles. The number of rotatable bonds is 6. The molecule has 1 aliphatic rings. The smallest absolute Gasteiger partial charge is 0.227 e. The van der Waals surface area contributed by atoms with E-state index in [-0.39, 0.29) is 30.7 Å². The van der Waals surface area contributed by atoms with Crippen LogP contribution in [0.2, 0.25) is 5.02 Å². The van der Waals surface area contributed by atoms with E-state index >= 15 is 0 Å². The quantitative estimate of drug-likeness (QED) is 0.598. The Morgan fingerprint density at radius 2 is 1.87 bits per heavy atom. The van der Waals surface area contributed by atoms with E-state index in [2.05, 4.69) is 5.32 Å². The van der Waals surface area contributed by atoms with Gasteiger partial charge in [0.1, 0.15) is 12.4 Å². The molecule has 1 aliphatic heterocycles. The maximum absolute atomic E-state index is 12.8. The number of carbonyl (C=O) groups is 2. The van der Waals surface area contributed by atoms with Crippen molar-refractivity contribution in [3.63, 3.8) is 0 Å². The maximum atomic E-state index is 12.8. The zero-order valence-corrected chi connectivity index (χ0v) is 17.8. The number of benzene rings is 2. The molecule has 0 saturated heterocycles. The molecule has 5 nitrogen and oxygen atoms in total. The van der Waals surface area contributed by atoms with Crippen LogP contribution >= 0.6 is 22.9 Å². The molecule has 2 heterocycles. The van der Waals surface area contributed by atoms with Gasteiger partial charge in [0.25, 0.3) is 0 Å². The van der Waals surface area contributed by atoms with Crippen molar-refractivity contribution in [3.8, 4) is 5.75 Å². The van der Waals surface area contributed by atoms with E-state index in [1.807, 2.05) is 66.0 Å². The second-order valence-electron chi connectivity index (χ2n) is 6.93. The van der Waals surface area contributed by atoms with Crippen molar-refractivity contribution in [2.75, 3.05) is 18.1 Å². The van der Waals surface area contributed by atoms with Crippen LogP contribution in [0, 0.1) is 0 Å². The van der Waals surface area contributed by atoms with E-state index in [4.69, 9.17) is 16.3 Å². The van der Waals surface area contributed by atoms with E-state index in [1.54, 1.807) is 16.2 Å². The topological polar surface area (TPSA) is 58.6 Å². The van der Waals surface area contributed by atoms with Crippen molar-refractivity contribution in [1.29, 1.82) is 0 Å². The van der Waals surface area contributed by atoms with Crippen LogP contribution in [0.1, 0.15) is 29.3 Å². The summed E-state index contributed by atoms with van der Waals surface area (Å²) in [4.78, 5) is 28.2. The van der Waals surface area contributed by atoms with Crippen molar-refractivity contribution in [2.24, 2.45) is 0 Å². The number of thiophene rings is 1. The minimum absolute atomic E-state index is 0.0833. The Labute approximate surface area is 184 Å². The van der Waals surface area contributed by atoms with Crippen LogP contribution < -0.4 is 15.0 Å². The number of halogens is 1. The first-order valence-corrected chi connectivity index (χ1v) is 11.0. The lowest BCUT2D eigenvalue weighted by atomic mass is 10.0. The number of nitrogens with zero attached hydrogens (tertiary/aromatic N) is 1. The van der Waals surface area contributed by atoms with Gasteiger partial charge in [-0.2, -0.15) is 0 Å². The lowest BCUT2D eigenvalue weighted by molar-refractivity contribution is -0.125. The molecule has 3 aromatic rings. The summed E-state index contributed by atoms with van der Waals surface area (Å²) < 4.78 is 5.60. The third-order valence-electron chi connectivity index (χ3n) is 4.93. The van der Waals surface area contributed by atoms with Gasteiger partial charge in [-0.25, -0.2) is 0 Å². The molecule has 0 fully saturated rings. The Kier molecular flexibility index (Phi) is 6.35. The number of ether oxygens (including phenoxy) is 1. The molecule has 154 valence electrons. The van der Waals surface area contributed by atoms with E-state index in [0.29, 0.717) is 23.9 Å². The monoisotopic (exact) mass is 440 g/mol. The number of carbonyl (C=O) groups excluding carboxylic acids is 2. The summed E-state index contributed by atoms with van der Waals surface area (Å²) in [5, 5.41) is 5.69. The van der Waals surface area contributed by atoms with Crippen molar-refractivity contribution in [2.45, 2.75) is 18.9 Å². The molecule has 0 radical (unpaired) electrons. The molecular formula is C23H21ClN2O3S. The Balaban J connectivity index is 1.41. The molecule has 7 heteroatoms. The number of anilines is 1. The fraction of sp³-hybridized carbons (Fsp3) is 0.217. The maximum Gasteiger partial charge on any atom is 0.227 e. The third kappa shape index (κ3) is 4.66. The third-order valence-corrected chi connectivity index (χ3v) is 6.12. The Morgan fingerprint density at radius 1 is 1.07 bits per heavy atom. The van der Waals surface area contributed by atoms with Crippen molar-refractivity contribution < 1.29 is 14.3 Å². The van der Waals surface area contributed by atoms with E-state index in [0.717, 1.165) is 16.1 Å². The zero-order chi connectivity index (χ0) is 20.9. The van der Waals surface area contributed by atoms with Crippen LogP contribution in [0.25, 0.3) is 0 Å². The predicted molar refractivity (Wildman–Crippen MR) is 119 cm³/mol. The summed E-state index contributed by atoms with van der Waals surface area (Å²) in [6.45, 7) is 0.937. The molecule has 30 heavy (non-hydrogen) atoms. The summed E-state index contributed by atoms with van der Waals surface area (Å²) in [5.41, 5.74) is 1.70. The molecule has 0 spiro atoms. The number of hydrogen-bond acceptors (Lipinski definition) is 4. The van der Waals surface area contributed by atoms with Gasteiger partial charge in [0, 0.05) is 22.7 Å². The summed E-state index contributed by atoms with van der Waals surface area (Å²) in [7, 11) is 0. The Morgan fingerprint density at radius 3 is 2.63 bits per heavy atom. The number of para-hydroxylation sites is 2. The minimum atomic E-state index is -0.269. The SMILES string of the molecule is O=C(CCC(=O)N1CCOc2ccccc21)NC(c1ccc(Cl)cc1)c1cccs1. The normalized spacial score (nSPS) is 13.8. The number of fused-ring (bicyclic) bond motifs is 1.